The van der Waals surface area contributed by atoms with Gasteiger partial charge in [0.25, 0.3) is 0 Å². The van der Waals surface area contributed by atoms with Crippen molar-refractivity contribution in [2.75, 3.05) is 0 Å². The van der Waals surface area contributed by atoms with E-state index >= 15 is 0 Å². The average Bonchev–Trinajstić information content (AvgIpc) is 3.27. The number of fused-ring (bicyclic) bond motifs is 9. The molecule has 0 aliphatic heterocycles. The van der Waals surface area contributed by atoms with Crippen molar-refractivity contribution in [2.24, 2.45) is 0 Å². The summed E-state index contributed by atoms with van der Waals surface area (Å²) in [5.41, 5.74) is 8.74. The van der Waals surface area contributed by atoms with Crippen LogP contribution in [0, 0.1) is 0 Å². The number of hydrogen-bond donors (Lipinski definition) is 0. The first-order valence-corrected chi connectivity index (χ1v) is 19.2. The molecule has 2 heterocycles. The Hall–Kier alpha value is -7.42. The molecule has 0 fully saturated rings. The van der Waals surface area contributed by atoms with Gasteiger partial charge < -0.3 is 0 Å². The highest BCUT2D eigenvalue weighted by molar-refractivity contribution is 6.34. The molecule has 0 bridgehead atoms. The molecule has 12 aromatic rings. The van der Waals surface area contributed by atoms with Crippen LogP contribution in [0.2, 0.25) is 0 Å². The van der Waals surface area contributed by atoms with Crippen LogP contribution in [0.1, 0.15) is 0 Å². The summed E-state index contributed by atoms with van der Waals surface area (Å²) in [5, 5.41) is 17.5. The Morgan fingerprint density at radius 2 is 0.768 bits per heavy atom. The monoisotopic (exact) mass is 708 g/mol. The number of pyridine rings is 2. The summed E-state index contributed by atoms with van der Waals surface area (Å²) in [4.78, 5) is 9.77. The van der Waals surface area contributed by atoms with Crippen LogP contribution in [0.15, 0.2) is 194 Å². The van der Waals surface area contributed by atoms with Gasteiger partial charge in [-0.2, -0.15) is 0 Å². The van der Waals surface area contributed by atoms with E-state index in [1.54, 1.807) is 0 Å². The van der Waals surface area contributed by atoms with E-state index in [1.807, 2.05) is 12.3 Å². The number of rotatable bonds is 3. The summed E-state index contributed by atoms with van der Waals surface area (Å²) in [6.07, 6.45) is 1.84. The van der Waals surface area contributed by atoms with Gasteiger partial charge in [0, 0.05) is 22.5 Å². The summed E-state index contributed by atoms with van der Waals surface area (Å²) in [6.45, 7) is 0. The van der Waals surface area contributed by atoms with Crippen molar-refractivity contribution >= 4 is 86.4 Å². The third-order valence-electron chi connectivity index (χ3n) is 11.9. The molecule has 0 aliphatic carbocycles. The van der Waals surface area contributed by atoms with Gasteiger partial charge in [0.2, 0.25) is 0 Å². The average molecular weight is 709 g/mol. The van der Waals surface area contributed by atoms with Crippen LogP contribution in [0.4, 0.5) is 0 Å². The second-order valence-electron chi connectivity index (χ2n) is 14.8. The van der Waals surface area contributed by atoms with Crippen LogP contribution in [-0.4, -0.2) is 9.97 Å². The van der Waals surface area contributed by atoms with Crippen LogP contribution in [0.5, 0.6) is 0 Å². The highest BCUT2D eigenvalue weighted by Gasteiger charge is 2.17. The van der Waals surface area contributed by atoms with Gasteiger partial charge in [-0.1, -0.05) is 176 Å². The Morgan fingerprint density at radius 3 is 1.52 bits per heavy atom. The smallest absolute Gasteiger partial charge is 0.0972 e. The van der Waals surface area contributed by atoms with Crippen LogP contribution >= 0.6 is 0 Å². The van der Waals surface area contributed by atoms with E-state index in [0.717, 1.165) is 33.1 Å². The first kappa shape index (κ1) is 31.0. The zero-order chi connectivity index (χ0) is 36.7. The Kier molecular flexibility index (Phi) is 6.66. The van der Waals surface area contributed by atoms with Crippen LogP contribution < -0.4 is 0 Å². The molecule has 2 aromatic heterocycles. The van der Waals surface area contributed by atoms with Crippen molar-refractivity contribution in [1.29, 1.82) is 0 Å². The molecule has 0 spiro atoms. The molecular weight excluding hydrogens is 677 g/mol. The molecule has 258 valence electrons. The number of aromatic nitrogens is 2. The standard InChI is InChI=1S/C54H32N2/c1-2-13-41-40(12-1)39(33-20-22-34(23-21-33)49-31-28-38-27-26-37-11-8-32-55-53(37)54(38)56-49)29-30-43(41)46-18-7-19-48-47-17-6-10-36-25-24-35-9-5-16-44(50(35)51(36)47)42-14-3-4-15-45(42)52(46)48/h1-32H. The zero-order valence-corrected chi connectivity index (χ0v) is 30.4. The number of benzene rings is 9. The van der Waals surface area contributed by atoms with Crippen molar-refractivity contribution in [1.82, 2.24) is 9.97 Å². The minimum Gasteiger partial charge on any atom is -0.254 e. The molecule has 2 nitrogen and oxygen atoms in total. The van der Waals surface area contributed by atoms with E-state index in [0.29, 0.717) is 0 Å². The van der Waals surface area contributed by atoms with Gasteiger partial charge in [0.15, 0.2) is 0 Å². The van der Waals surface area contributed by atoms with E-state index in [2.05, 4.69) is 187 Å². The summed E-state index contributed by atoms with van der Waals surface area (Å²) >= 11 is 0. The van der Waals surface area contributed by atoms with Crippen molar-refractivity contribution in [3.63, 3.8) is 0 Å². The molecule has 0 amide bonds. The van der Waals surface area contributed by atoms with Gasteiger partial charge in [-0.05, 0) is 99.0 Å². The number of hydrogen-bond acceptors (Lipinski definition) is 2. The van der Waals surface area contributed by atoms with Crippen LogP contribution in [0.3, 0.4) is 0 Å². The largest absolute Gasteiger partial charge is 0.254 e. The summed E-state index contributed by atoms with van der Waals surface area (Å²) in [6, 6.07) is 68.9. The molecule has 0 saturated heterocycles. The Balaban J connectivity index is 1.07. The van der Waals surface area contributed by atoms with Gasteiger partial charge in [-0.3, -0.25) is 4.98 Å². The van der Waals surface area contributed by atoms with Crippen molar-refractivity contribution in [3.05, 3.63) is 194 Å². The van der Waals surface area contributed by atoms with Gasteiger partial charge in [0.05, 0.1) is 16.7 Å². The predicted octanol–water partition coefficient (Wildman–Crippen LogP) is 14.7. The van der Waals surface area contributed by atoms with Crippen molar-refractivity contribution in [3.8, 4) is 33.5 Å². The Bertz CT molecular complexity index is 3580. The Morgan fingerprint density at radius 1 is 0.268 bits per heavy atom. The van der Waals surface area contributed by atoms with Gasteiger partial charge >= 0.3 is 0 Å². The third kappa shape index (κ3) is 4.57. The lowest BCUT2D eigenvalue weighted by molar-refractivity contribution is 1.37. The summed E-state index contributed by atoms with van der Waals surface area (Å²) in [5.74, 6) is 0. The highest BCUT2D eigenvalue weighted by atomic mass is 14.7. The first-order chi connectivity index (χ1) is 27.8. The fraction of sp³-hybridized carbons (Fsp3) is 0. The molecule has 0 N–H and O–H groups in total. The SMILES string of the molecule is c1cnc2c(c1)ccc1ccc(-c3ccc(-c4ccc(-c5cccc6c7cccc8ccc9cccc(c%10ccccc%10c56)c9c87)c5ccccc45)cc3)nc12. The number of nitrogens with zero attached hydrogens (tertiary/aromatic N) is 2. The summed E-state index contributed by atoms with van der Waals surface area (Å²) in [7, 11) is 0. The Labute approximate surface area is 322 Å². The molecule has 2 heteroatoms. The molecular formula is C54H32N2. The topological polar surface area (TPSA) is 25.8 Å². The second kappa shape index (κ2) is 12.0. The molecule has 0 atom stereocenters. The van der Waals surface area contributed by atoms with Crippen molar-refractivity contribution in [2.45, 2.75) is 0 Å². The van der Waals surface area contributed by atoms with Crippen LogP contribution in [0.25, 0.3) is 120 Å². The van der Waals surface area contributed by atoms with E-state index in [-0.39, 0.29) is 0 Å². The molecule has 12 rings (SSSR count). The van der Waals surface area contributed by atoms with E-state index in [9.17, 15) is 0 Å². The molecule has 0 unspecified atom stereocenters. The summed E-state index contributed by atoms with van der Waals surface area (Å²) < 4.78 is 0. The molecule has 0 aliphatic rings. The van der Waals surface area contributed by atoms with Gasteiger partial charge in [-0.25, -0.2) is 4.98 Å². The fourth-order valence-electron chi connectivity index (χ4n) is 9.32. The van der Waals surface area contributed by atoms with Crippen LogP contribution in [-0.2, 0) is 0 Å². The lowest BCUT2D eigenvalue weighted by Crippen LogP contribution is -1.90. The molecule has 10 aromatic carbocycles. The zero-order valence-electron chi connectivity index (χ0n) is 30.4. The van der Waals surface area contributed by atoms with Crippen molar-refractivity contribution < 1.29 is 0 Å². The van der Waals surface area contributed by atoms with Gasteiger partial charge in [-0.15, -0.1) is 0 Å². The first-order valence-electron chi connectivity index (χ1n) is 19.2. The van der Waals surface area contributed by atoms with E-state index in [1.165, 1.54) is 86.9 Å². The van der Waals surface area contributed by atoms with E-state index < -0.39 is 0 Å². The van der Waals surface area contributed by atoms with E-state index in [4.69, 9.17) is 4.98 Å². The third-order valence-corrected chi connectivity index (χ3v) is 11.9. The highest BCUT2D eigenvalue weighted by Crippen LogP contribution is 2.45. The quantitative estimate of drug-likeness (QED) is 0.171. The lowest BCUT2D eigenvalue weighted by atomic mass is 9.86. The maximum absolute atomic E-state index is 5.11. The molecule has 0 saturated carbocycles. The normalized spacial score (nSPS) is 11.9. The predicted molar refractivity (Wildman–Crippen MR) is 238 cm³/mol. The maximum Gasteiger partial charge on any atom is 0.0972 e. The fourth-order valence-corrected chi connectivity index (χ4v) is 9.32. The maximum atomic E-state index is 5.11. The minimum atomic E-state index is 0.932. The molecule has 56 heavy (non-hydrogen) atoms. The second-order valence-corrected chi connectivity index (χ2v) is 14.8. The minimum absolute atomic E-state index is 0.932. The molecule has 0 radical (unpaired) electrons. The lowest BCUT2D eigenvalue weighted by Gasteiger charge is -2.17. The van der Waals surface area contributed by atoms with Gasteiger partial charge in [0.1, 0.15) is 0 Å².